The molecule has 1 aliphatic heterocycles. The predicted octanol–water partition coefficient (Wildman–Crippen LogP) is 3.20. The molecule has 5 heteroatoms. The second kappa shape index (κ2) is 6.05. The molecule has 0 amide bonds. The van der Waals surface area contributed by atoms with Crippen LogP contribution in [0.3, 0.4) is 0 Å². The highest BCUT2D eigenvalue weighted by atomic mass is 35.5. The largest absolute Gasteiger partial charge is 0.478 e. The maximum atomic E-state index is 11.2. The molecule has 1 aromatic rings. The zero-order chi connectivity index (χ0) is 13.0. The van der Waals surface area contributed by atoms with Crippen LogP contribution in [0.2, 0.25) is 5.15 Å². The fraction of sp³-hybridized carbons (Fsp3) is 0.538. The van der Waals surface area contributed by atoms with Gasteiger partial charge < -0.3 is 10.0 Å². The van der Waals surface area contributed by atoms with Crippen LogP contribution in [0.25, 0.3) is 0 Å². The summed E-state index contributed by atoms with van der Waals surface area (Å²) in [6.45, 7) is 1.71. The third kappa shape index (κ3) is 3.13. The van der Waals surface area contributed by atoms with Gasteiger partial charge in [0, 0.05) is 13.1 Å². The van der Waals surface area contributed by atoms with Gasteiger partial charge in [-0.25, -0.2) is 9.78 Å². The van der Waals surface area contributed by atoms with E-state index in [0.29, 0.717) is 11.0 Å². The molecule has 1 saturated heterocycles. The second-order valence-corrected chi connectivity index (χ2v) is 4.95. The summed E-state index contributed by atoms with van der Waals surface area (Å²) < 4.78 is 0. The lowest BCUT2D eigenvalue weighted by Gasteiger charge is -2.26. The van der Waals surface area contributed by atoms with E-state index in [4.69, 9.17) is 11.6 Å². The maximum Gasteiger partial charge on any atom is 0.339 e. The van der Waals surface area contributed by atoms with Crippen molar-refractivity contribution in [2.24, 2.45) is 0 Å². The molecular weight excluding hydrogens is 252 g/mol. The van der Waals surface area contributed by atoms with Crippen LogP contribution in [0, 0.1) is 0 Å². The molecule has 0 atom stereocenters. The standard InChI is InChI=1S/C13H17ClN2O2/c14-11-7-6-10(13(17)18)12(15-11)16-8-4-2-1-3-5-9-16/h6-7H,1-5,8-9H2,(H,17,18). The fourth-order valence-electron chi connectivity index (χ4n) is 2.29. The number of anilines is 1. The van der Waals surface area contributed by atoms with Crippen molar-refractivity contribution in [2.45, 2.75) is 32.1 Å². The van der Waals surface area contributed by atoms with Crippen LogP contribution in [-0.4, -0.2) is 29.1 Å². The Bertz CT molecular complexity index is 429. The van der Waals surface area contributed by atoms with E-state index < -0.39 is 5.97 Å². The van der Waals surface area contributed by atoms with Gasteiger partial charge in [-0.2, -0.15) is 0 Å². The minimum Gasteiger partial charge on any atom is -0.478 e. The molecule has 0 radical (unpaired) electrons. The Morgan fingerprint density at radius 1 is 1.17 bits per heavy atom. The van der Waals surface area contributed by atoms with Crippen molar-refractivity contribution < 1.29 is 9.90 Å². The Hall–Kier alpha value is -1.29. The van der Waals surface area contributed by atoms with Gasteiger partial charge >= 0.3 is 5.97 Å². The first kappa shape index (κ1) is 13.1. The molecule has 98 valence electrons. The van der Waals surface area contributed by atoms with Crippen molar-refractivity contribution >= 4 is 23.4 Å². The topological polar surface area (TPSA) is 53.4 Å². The molecule has 1 fully saturated rings. The van der Waals surface area contributed by atoms with Gasteiger partial charge in [0.2, 0.25) is 0 Å². The van der Waals surface area contributed by atoms with Crippen LogP contribution in [-0.2, 0) is 0 Å². The Labute approximate surface area is 112 Å². The molecule has 2 rings (SSSR count). The van der Waals surface area contributed by atoms with Crippen molar-refractivity contribution in [3.05, 3.63) is 22.8 Å². The second-order valence-electron chi connectivity index (χ2n) is 4.57. The molecule has 0 aliphatic carbocycles. The first-order valence-electron chi connectivity index (χ1n) is 6.33. The lowest BCUT2D eigenvalue weighted by atomic mass is 10.1. The molecule has 0 unspecified atom stereocenters. The van der Waals surface area contributed by atoms with Gasteiger partial charge in [0.25, 0.3) is 0 Å². The number of pyridine rings is 1. The molecule has 4 nitrogen and oxygen atoms in total. The molecule has 0 spiro atoms. The Morgan fingerprint density at radius 2 is 1.78 bits per heavy atom. The SMILES string of the molecule is O=C(O)c1ccc(Cl)nc1N1CCCCCCC1. The minimum atomic E-state index is -0.948. The molecule has 1 N–H and O–H groups in total. The summed E-state index contributed by atoms with van der Waals surface area (Å²) in [4.78, 5) is 17.5. The summed E-state index contributed by atoms with van der Waals surface area (Å²) >= 11 is 5.88. The van der Waals surface area contributed by atoms with Gasteiger partial charge in [-0.15, -0.1) is 0 Å². The molecule has 1 aliphatic rings. The summed E-state index contributed by atoms with van der Waals surface area (Å²) in [6.07, 6.45) is 5.81. The van der Waals surface area contributed by atoms with Crippen LogP contribution in [0.5, 0.6) is 0 Å². The van der Waals surface area contributed by atoms with Crippen LogP contribution in [0.4, 0.5) is 5.82 Å². The third-order valence-corrected chi connectivity index (χ3v) is 3.44. The van der Waals surface area contributed by atoms with Crippen LogP contribution < -0.4 is 4.90 Å². The van der Waals surface area contributed by atoms with E-state index >= 15 is 0 Å². The molecule has 18 heavy (non-hydrogen) atoms. The number of nitrogens with zero attached hydrogens (tertiary/aromatic N) is 2. The van der Waals surface area contributed by atoms with E-state index in [0.717, 1.165) is 25.9 Å². The van der Waals surface area contributed by atoms with Gasteiger partial charge in [0.15, 0.2) is 0 Å². The van der Waals surface area contributed by atoms with E-state index in [1.165, 1.54) is 31.4 Å². The number of carboxylic acid groups (broad SMARTS) is 1. The van der Waals surface area contributed by atoms with E-state index in [9.17, 15) is 9.90 Å². The van der Waals surface area contributed by atoms with Crippen LogP contribution in [0.1, 0.15) is 42.5 Å². The van der Waals surface area contributed by atoms with Gasteiger partial charge in [0.1, 0.15) is 16.5 Å². The van der Waals surface area contributed by atoms with E-state index in [1.807, 2.05) is 0 Å². The van der Waals surface area contributed by atoms with E-state index in [1.54, 1.807) is 0 Å². The summed E-state index contributed by atoms with van der Waals surface area (Å²) in [5, 5.41) is 9.55. The zero-order valence-electron chi connectivity index (χ0n) is 10.2. The zero-order valence-corrected chi connectivity index (χ0v) is 11.0. The molecule has 0 saturated carbocycles. The molecule has 2 heterocycles. The van der Waals surface area contributed by atoms with Crippen molar-refractivity contribution in [1.29, 1.82) is 0 Å². The maximum absolute atomic E-state index is 11.2. The normalized spacial score (nSPS) is 17.1. The average molecular weight is 269 g/mol. The van der Waals surface area contributed by atoms with Gasteiger partial charge in [0.05, 0.1) is 0 Å². The summed E-state index contributed by atoms with van der Waals surface area (Å²) in [5.41, 5.74) is 0.236. The van der Waals surface area contributed by atoms with E-state index in [-0.39, 0.29) is 5.56 Å². The Kier molecular flexibility index (Phi) is 4.42. The fourth-order valence-corrected chi connectivity index (χ4v) is 2.44. The number of rotatable bonds is 2. The highest BCUT2D eigenvalue weighted by molar-refractivity contribution is 6.29. The van der Waals surface area contributed by atoms with Crippen LogP contribution in [0.15, 0.2) is 12.1 Å². The molecule has 0 aromatic carbocycles. The number of carbonyl (C=O) groups is 1. The van der Waals surface area contributed by atoms with E-state index in [2.05, 4.69) is 9.88 Å². The lowest BCUT2D eigenvalue weighted by molar-refractivity contribution is 0.0697. The third-order valence-electron chi connectivity index (χ3n) is 3.23. The number of aromatic nitrogens is 1. The predicted molar refractivity (Wildman–Crippen MR) is 71.5 cm³/mol. The number of carboxylic acids is 1. The highest BCUT2D eigenvalue weighted by Crippen LogP contribution is 2.23. The minimum absolute atomic E-state index is 0.236. The number of hydrogen-bond acceptors (Lipinski definition) is 3. The smallest absolute Gasteiger partial charge is 0.339 e. The van der Waals surface area contributed by atoms with Crippen LogP contribution >= 0.6 is 11.6 Å². The number of aromatic carboxylic acids is 1. The monoisotopic (exact) mass is 268 g/mol. The average Bonchev–Trinajstić information content (AvgIpc) is 2.27. The molecular formula is C13H17ClN2O2. The van der Waals surface area contributed by atoms with Gasteiger partial charge in [-0.1, -0.05) is 30.9 Å². The quantitative estimate of drug-likeness (QED) is 0.837. The number of halogens is 1. The van der Waals surface area contributed by atoms with Crippen molar-refractivity contribution in [2.75, 3.05) is 18.0 Å². The van der Waals surface area contributed by atoms with Gasteiger partial charge in [-0.05, 0) is 25.0 Å². The highest BCUT2D eigenvalue weighted by Gasteiger charge is 2.18. The first-order valence-corrected chi connectivity index (χ1v) is 6.71. The summed E-state index contributed by atoms with van der Waals surface area (Å²) in [7, 11) is 0. The van der Waals surface area contributed by atoms with Crippen molar-refractivity contribution in [3.8, 4) is 0 Å². The summed E-state index contributed by atoms with van der Waals surface area (Å²) in [5.74, 6) is -0.437. The van der Waals surface area contributed by atoms with Crippen molar-refractivity contribution in [1.82, 2.24) is 4.98 Å². The Morgan fingerprint density at radius 3 is 2.39 bits per heavy atom. The molecule has 1 aromatic heterocycles. The summed E-state index contributed by atoms with van der Waals surface area (Å²) in [6, 6.07) is 3.06. The molecule has 0 bridgehead atoms. The van der Waals surface area contributed by atoms with Gasteiger partial charge in [-0.3, -0.25) is 0 Å². The first-order chi connectivity index (χ1) is 8.68. The van der Waals surface area contributed by atoms with Crippen molar-refractivity contribution in [3.63, 3.8) is 0 Å². The number of hydrogen-bond donors (Lipinski definition) is 1. The lowest BCUT2D eigenvalue weighted by Crippen LogP contribution is -2.29. The Balaban J connectivity index is 2.28.